The van der Waals surface area contributed by atoms with Gasteiger partial charge in [-0.15, -0.1) is 11.8 Å². The van der Waals surface area contributed by atoms with Crippen LogP contribution in [-0.2, 0) is 16.0 Å². The number of benzene rings is 1. The van der Waals surface area contributed by atoms with Crippen LogP contribution < -0.4 is 4.74 Å². The van der Waals surface area contributed by atoms with Crippen molar-refractivity contribution in [3.05, 3.63) is 28.8 Å². The van der Waals surface area contributed by atoms with Crippen LogP contribution in [0.2, 0.25) is 5.02 Å². The van der Waals surface area contributed by atoms with Crippen LogP contribution >= 0.6 is 23.4 Å². The molecule has 1 saturated heterocycles. The number of halogens is 1. The van der Waals surface area contributed by atoms with Crippen LogP contribution in [0.5, 0.6) is 5.75 Å². The van der Waals surface area contributed by atoms with Gasteiger partial charge in [-0.1, -0.05) is 11.6 Å². The van der Waals surface area contributed by atoms with E-state index in [4.69, 9.17) is 21.4 Å². The molecule has 1 aliphatic rings. The van der Waals surface area contributed by atoms with Crippen LogP contribution in [-0.4, -0.2) is 46.7 Å². The van der Waals surface area contributed by atoms with Gasteiger partial charge in [0, 0.05) is 16.3 Å². The molecule has 1 fully saturated rings. The Balaban J connectivity index is 2.15. The number of carboxylic acids is 1. The first-order chi connectivity index (χ1) is 9.52. The molecule has 1 heterocycles. The Morgan fingerprint density at radius 1 is 1.55 bits per heavy atom. The number of thioether (sulfide) groups is 1. The third-order valence-corrected chi connectivity index (χ3v) is 4.32. The van der Waals surface area contributed by atoms with E-state index >= 15 is 0 Å². The van der Waals surface area contributed by atoms with Crippen LogP contribution in [0.3, 0.4) is 0 Å². The summed E-state index contributed by atoms with van der Waals surface area (Å²) in [6.07, 6.45) is 0.0775. The molecule has 0 bridgehead atoms. The normalized spacial score (nSPS) is 18.1. The Labute approximate surface area is 125 Å². The first-order valence-corrected chi connectivity index (χ1v) is 7.48. The number of carboxylic acid groups (broad SMARTS) is 1. The number of methoxy groups -OCH3 is 1. The fraction of sp³-hybridized carbons (Fsp3) is 0.385. The van der Waals surface area contributed by atoms with Gasteiger partial charge in [-0.25, -0.2) is 4.79 Å². The molecule has 5 nitrogen and oxygen atoms in total. The van der Waals surface area contributed by atoms with E-state index in [1.54, 1.807) is 18.2 Å². The number of ether oxygens (including phenoxy) is 1. The van der Waals surface area contributed by atoms with E-state index in [0.717, 1.165) is 0 Å². The maximum Gasteiger partial charge on any atom is 0.327 e. The van der Waals surface area contributed by atoms with Crippen molar-refractivity contribution in [1.29, 1.82) is 0 Å². The minimum atomic E-state index is -0.971. The summed E-state index contributed by atoms with van der Waals surface area (Å²) in [6, 6.07) is 4.29. The smallest absolute Gasteiger partial charge is 0.327 e. The highest BCUT2D eigenvalue weighted by Crippen LogP contribution is 2.26. The molecule has 1 aromatic rings. The minimum Gasteiger partial charge on any atom is -0.496 e. The number of nitrogens with zero attached hydrogens (tertiary/aromatic N) is 1. The Kier molecular flexibility index (Phi) is 4.77. The zero-order valence-electron chi connectivity index (χ0n) is 10.8. The number of amides is 1. The molecule has 0 aliphatic carbocycles. The first-order valence-electron chi connectivity index (χ1n) is 5.95. The van der Waals surface area contributed by atoms with Gasteiger partial charge >= 0.3 is 5.97 Å². The summed E-state index contributed by atoms with van der Waals surface area (Å²) < 4.78 is 5.19. The SMILES string of the molecule is COc1ccc(Cl)cc1CC(=O)N1CSC[C@H]1C(=O)O. The summed E-state index contributed by atoms with van der Waals surface area (Å²) in [7, 11) is 1.52. The van der Waals surface area contributed by atoms with Crippen LogP contribution in [0.15, 0.2) is 18.2 Å². The standard InChI is InChI=1S/C13H14ClNO4S/c1-19-11-3-2-9(14)4-8(11)5-12(16)15-7-20-6-10(15)13(17)18/h2-4,10H,5-7H2,1H3,(H,17,18)/t10-/m0/s1. The zero-order chi connectivity index (χ0) is 14.7. The fourth-order valence-electron chi connectivity index (χ4n) is 2.04. The average molecular weight is 316 g/mol. The fourth-order valence-corrected chi connectivity index (χ4v) is 3.41. The maximum absolute atomic E-state index is 12.3. The third kappa shape index (κ3) is 3.19. The van der Waals surface area contributed by atoms with Crippen molar-refractivity contribution in [1.82, 2.24) is 4.90 Å². The van der Waals surface area contributed by atoms with Gasteiger partial charge in [-0.05, 0) is 18.2 Å². The van der Waals surface area contributed by atoms with Gasteiger partial charge in [0.1, 0.15) is 11.8 Å². The molecule has 0 radical (unpaired) electrons. The van der Waals surface area contributed by atoms with Gasteiger partial charge in [0.05, 0.1) is 19.4 Å². The molecule has 108 valence electrons. The molecular formula is C13H14ClNO4S. The lowest BCUT2D eigenvalue weighted by Gasteiger charge is -2.21. The molecule has 7 heteroatoms. The summed E-state index contributed by atoms with van der Waals surface area (Å²) in [4.78, 5) is 24.7. The average Bonchev–Trinajstić information content (AvgIpc) is 2.88. The molecule has 1 aliphatic heterocycles. The summed E-state index contributed by atoms with van der Waals surface area (Å²) in [5.74, 6) is 0.192. The predicted molar refractivity (Wildman–Crippen MR) is 77.3 cm³/mol. The molecule has 0 spiro atoms. The van der Waals surface area contributed by atoms with Gasteiger partial charge in [-0.3, -0.25) is 4.79 Å². The number of rotatable bonds is 4. The van der Waals surface area contributed by atoms with Gasteiger partial charge in [0.15, 0.2) is 0 Å². The van der Waals surface area contributed by atoms with Crippen LogP contribution in [0.4, 0.5) is 0 Å². The molecule has 1 amide bonds. The second-order valence-corrected chi connectivity index (χ2v) is 5.79. The lowest BCUT2D eigenvalue weighted by Crippen LogP contribution is -2.42. The highest BCUT2D eigenvalue weighted by atomic mass is 35.5. The second-order valence-electron chi connectivity index (χ2n) is 4.35. The van der Waals surface area contributed by atoms with Crippen molar-refractivity contribution in [3.8, 4) is 5.75 Å². The predicted octanol–water partition coefficient (Wildman–Crippen LogP) is 1.88. The lowest BCUT2D eigenvalue weighted by molar-refractivity contribution is -0.147. The summed E-state index contributed by atoms with van der Waals surface area (Å²) in [6.45, 7) is 0. The Hall–Kier alpha value is -1.40. The van der Waals surface area contributed by atoms with Crippen molar-refractivity contribution in [3.63, 3.8) is 0 Å². The zero-order valence-corrected chi connectivity index (χ0v) is 12.4. The summed E-state index contributed by atoms with van der Waals surface area (Å²) in [5, 5.41) is 9.60. The van der Waals surface area contributed by atoms with Crippen molar-refractivity contribution >= 4 is 35.2 Å². The number of hydrogen-bond acceptors (Lipinski definition) is 4. The highest BCUT2D eigenvalue weighted by Gasteiger charge is 2.34. The molecule has 2 rings (SSSR count). The molecule has 0 saturated carbocycles. The Morgan fingerprint density at radius 3 is 2.95 bits per heavy atom. The molecule has 20 heavy (non-hydrogen) atoms. The molecule has 1 aromatic carbocycles. The quantitative estimate of drug-likeness (QED) is 0.919. The van der Waals surface area contributed by atoms with Gasteiger partial charge < -0.3 is 14.7 Å². The lowest BCUT2D eigenvalue weighted by atomic mass is 10.1. The van der Waals surface area contributed by atoms with Gasteiger partial charge in [0.25, 0.3) is 0 Å². The topological polar surface area (TPSA) is 66.8 Å². The van der Waals surface area contributed by atoms with Crippen LogP contribution in [0.25, 0.3) is 0 Å². The van der Waals surface area contributed by atoms with E-state index in [-0.39, 0.29) is 12.3 Å². The van der Waals surface area contributed by atoms with Crippen molar-refractivity contribution in [2.45, 2.75) is 12.5 Å². The summed E-state index contributed by atoms with van der Waals surface area (Å²) in [5.41, 5.74) is 0.658. The summed E-state index contributed by atoms with van der Waals surface area (Å²) >= 11 is 7.35. The molecular weight excluding hydrogens is 302 g/mol. The minimum absolute atomic E-state index is 0.0775. The van der Waals surface area contributed by atoms with E-state index in [2.05, 4.69) is 0 Å². The molecule has 0 unspecified atom stereocenters. The monoisotopic (exact) mass is 315 g/mol. The van der Waals surface area contributed by atoms with E-state index in [1.807, 2.05) is 0 Å². The van der Waals surface area contributed by atoms with Gasteiger partial charge in [-0.2, -0.15) is 0 Å². The highest BCUT2D eigenvalue weighted by molar-refractivity contribution is 7.99. The molecule has 1 atom stereocenters. The molecule has 0 aromatic heterocycles. The van der Waals surface area contributed by atoms with Crippen molar-refractivity contribution in [2.75, 3.05) is 18.7 Å². The van der Waals surface area contributed by atoms with Gasteiger partial charge in [0.2, 0.25) is 5.91 Å². The van der Waals surface area contributed by atoms with Crippen molar-refractivity contribution < 1.29 is 19.4 Å². The number of carbonyl (C=O) groups excluding carboxylic acids is 1. The van der Waals surface area contributed by atoms with Crippen LogP contribution in [0.1, 0.15) is 5.56 Å². The molecule has 1 N–H and O–H groups in total. The Bertz CT molecular complexity index is 537. The second kappa shape index (κ2) is 6.37. The van der Waals surface area contributed by atoms with Crippen LogP contribution in [0, 0.1) is 0 Å². The van der Waals surface area contributed by atoms with E-state index in [9.17, 15) is 9.59 Å². The van der Waals surface area contributed by atoms with E-state index < -0.39 is 12.0 Å². The number of aliphatic carboxylic acids is 1. The third-order valence-electron chi connectivity index (χ3n) is 3.07. The Morgan fingerprint density at radius 2 is 2.30 bits per heavy atom. The van der Waals surface area contributed by atoms with Crippen molar-refractivity contribution in [2.24, 2.45) is 0 Å². The largest absolute Gasteiger partial charge is 0.496 e. The van der Waals surface area contributed by atoms with E-state index in [1.165, 1.54) is 23.8 Å². The number of hydrogen-bond donors (Lipinski definition) is 1. The number of carbonyl (C=O) groups is 2. The maximum atomic E-state index is 12.3. The first kappa shape index (κ1) is 15.0. The van der Waals surface area contributed by atoms with E-state index in [0.29, 0.717) is 28.0 Å².